The Labute approximate surface area is 135 Å². The van der Waals surface area contributed by atoms with Crippen LogP contribution in [0.5, 0.6) is 11.5 Å². The SMILES string of the molecule is CCN(Cc1ccc2c(c1)OCCO2)C(=O)c1cnn(C)c1C. The Morgan fingerprint density at radius 3 is 2.70 bits per heavy atom. The maximum absolute atomic E-state index is 12.7. The molecule has 0 fully saturated rings. The molecule has 0 saturated carbocycles. The molecular formula is C17H21N3O3. The number of aryl methyl sites for hydroxylation is 1. The summed E-state index contributed by atoms with van der Waals surface area (Å²) >= 11 is 0. The Kier molecular flexibility index (Phi) is 4.23. The number of nitrogens with zero attached hydrogens (tertiary/aromatic N) is 3. The monoisotopic (exact) mass is 315 g/mol. The minimum atomic E-state index is -0.00649. The fraction of sp³-hybridized carbons (Fsp3) is 0.412. The van der Waals surface area contributed by atoms with Crippen LogP contribution in [0.15, 0.2) is 24.4 Å². The van der Waals surface area contributed by atoms with Gasteiger partial charge in [-0.15, -0.1) is 0 Å². The van der Waals surface area contributed by atoms with Crippen LogP contribution >= 0.6 is 0 Å². The summed E-state index contributed by atoms with van der Waals surface area (Å²) in [5.74, 6) is 1.50. The van der Waals surface area contributed by atoms with Crippen LogP contribution in [0.1, 0.15) is 28.5 Å². The molecule has 0 aliphatic carbocycles. The molecule has 23 heavy (non-hydrogen) atoms. The van der Waals surface area contributed by atoms with Crippen LogP contribution in [-0.4, -0.2) is 40.3 Å². The van der Waals surface area contributed by atoms with Crippen molar-refractivity contribution in [2.45, 2.75) is 20.4 Å². The second-order valence-electron chi connectivity index (χ2n) is 5.56. The van der Waals surface area contributed by atoms with Gasteiger partial charge in [0.05, 0.1) is 11.8 Å². The van der Waals surface area contributed by atoms with E-state index in [1.165, 1.54) is 0 Å². The molecule has 122 valence electrons. The maximum atomic E-state index is 12.7. The van der Waals surface area contributed by atoms with Gasteiger partial charge in [0.15, 0.2) is 11.5 Å². The van der Waals surface area contributed by atoms with E-state index in [0.29, 0.717) is 31.9 Å². The number of ether oxygens (including phenoxy) is 2. The van der Waals surface area contributed by atoms with Crippen molar-refractivity contribution in [3.05, 3.63) is 41.2 Å². The Hall–Kier alpha value is -2.50. The van der Waals surface area contributed by atoms with Crippen molar-refractivity contribution < 1.29 is 14.3 Å². The van der Waals surface area contributed by atoms with Crippen LogP contribution < -0.4 is 9.47 Å². The van der Waals surface area contributed by atoms with E-state index in [1.54, 1.807) is 15.8 Å². The van der Waals surface area contributed by atoms with E-state index >= 15 is 0 Å². The number of rotatable bonds is 4. The average Bonchev–Trinajstić information content (AvgIpc) is 2.91. The van der Waals surface area contributed by atoms with Gasteiger partial charge in [-0.3, -0.25) is 9.48 Å². The highest BCUT2D eigenvalue weighted by Gasteiger charge is 2.20. The zero-order valence-corrected chi connectivity index (χ0v) is 13.7. The molecule has 1 amide bonds. The number of hydrogen-bond acceptors (Lipinski definition) is 4. The summed E-state index contributed by atoms with van der Waals surface area (Å²) in [6, 6.07) is 5.82. The Balaban J connectivity index is 1.79. The van der Waals surface area contributed by atoms with Crippen LogP contribution in [0.25, 0.3) is 0 Å². The number of fused-ring (bicyclic) bond motifs is 1. The van der Waals surface area contributed by atoms with Crippen LogP contribution in [0, 0.1) is 6.92 Å². The Bertz CT molecular complexity index is 724. The van der Waals surface area contributed by atoms with Gasteiger partial charge in [0.25, 0.3) is 5.91 Å². The number of carbonyl (C=O) groups excluding carboxylic acids is 1. The molecule has 6 heteroatoms. The summed E-state index contributed by atoms with van der Waals surface area (Å²) in [5, 5.41) is 4.15. The molecule has 1 aromatic carbocycles. The van der Waals surface area contributed by atoms with Crippen molar-refractivity contribution in [1.29, 1.82) is 0 Å². The van der Waals surface area contributed by atoms with Gasteiger partial charge in [0.2, 0.25) is 0 Å². The molecule has 1 aliphatic rings. The lowest BCUT2D eigenvalue weighted by Crippen LogP contribution is -2.30. The zero-order valence-electron chi connectivity index (χ0n) is 13.7. The van der Waals surface area contributed by atoms with Crippen molar-refractivity contribution in [2.24, 2.45) is 7.05 Å². The summed E-state index contributed by atoms with van der Waals surface area (Å²) < 4.78 is 12.8. The lowest BCUT2D eigenvalue weighted by Gasteiger charge is -2.23. The van der Waals surface area contributed by atoms with E-state index < -0.39 is 0 Å². The highest BCUT2D eigenvalue weighted by atomic mass is 16.6. The molecular weight excluding hydrogens is 294 g/mol. The highest BCUT2D eigenvalue weighted by Crippen LogP contribution is 2.31. The van der Waals surface area contributed by atoms with Gasteiger partial charge in [-0.25, -0.2) is 0 Å². The molecule has 1 aliphatic heterocycles. The third-order valence-corrected chi connectivity index (χ3v) is 4.11. The van der Waals surface area contributed by atoms with Crippen molar-refractivity contribution in [1.82, 2.24) is 14.7 Å². The summed E-state index contributed by atoms with van der Waals surface area (Å²) in [6.45, 7) is 6.16. The topological polar surface area (TPSA) is 56.6 Å². The first kappa shape index (κ1) is 15.4. The van der Waals surface area contributed by atoms with Gasteiger partial charge >= 0.3 is 0 Å². The minimum absolute atomic E-state index is 0.00649. The van der Waals surface area contributed by atoms with Gasteiger partial charge in [-0.1, -0.05) is 6.07 Å². The first-order valence-electron chi connectivity index (χ1n) is 7.76. The molecule has 0 unspecified atom stereocenters. The average molecular weight is 315 g/mol. The molecule has 0 atom stereocenters. The van der Waals surface area contributed by atoms with Gasteiger partial charge in [-0.05, 0) is 31.5 Å². The maximum Gasteiger partial charge on any atom is 0.257 e. The number of carbonyl (C=O) groups is 1. The molecule has 3 rings (SSSR count). The lowest BCUT2D eigenvalue weighted by atomic mass is 10.1. The van der Waals surface area contributed by atoms with E-state index in [-0.39, 0.29) is 5.91 Å². The Morgan fingerprint density at radius 2 is 2.04 bits per heavy atom. The third kappa shape index (κ3) is 3.02. The smallest absolute Gasteiger partial charge is 0.257 e. The van der Waals surface area contributed by atoms with Crippen LogP contribution in [-0.2, 0) is 13.6 Å². The van der Waals surface area contributed by atoms with Gasteiger partial charge < -0.3 is 14.4 Å². The number of benzene rings is 1. The number of aromatic nitrogens is 2. The second kappa shape index (κ2) is 6.32. The molecule has 1 aromatic heterocycles. The predicted octanol–water partition coefficient (Wildman–Crippen LogP) is 2.16. The number of hydrogen-bond donors (Lipinski definition) is 0. The van der Waals surface area contributed by atoms with Crippen LogP contribution in [0.2, 0.25) is 0 Å². The summed E-state index contributed by atoms with van der Waals surface area (Å²) in [6.07, 6.45) is 1.63. The summed E-state index contributed by atoms with van der Waals surface area (Å²) in [5.41, 5.74) is 2.54. The largest absolute Gasteiger partial charge is 0.486 e. The van der Waals surface area contributed by atoms with E-state index in [0.717, 1.165) is 22.8 Å². The minimum Gasteiger partial charge on any atom is -0.486 e. The molecule has 0 spiro atoms. The first-order valence-corrected chi connectivity index (χ1v) is 7.76. The van der Waals surface area contributed by atoms with E-state index in [4.69, 9.17) is 9.47 Å². The lowest BCUT2D eigenvalue weighted by molar-refractivity contribution is 0.0751. The van der Waals surface area contributed by atoms with Gasteiger partial charge in [0.1, 0.15) is 13.2 Å². The molecule has 0 saturated heterocycles. The number of amides is 1. The van der Waals surface area contributed by atoms with Crippen molar-refractivity contribution in [3.8, 4) is 11.5 Å². The summed E-state index contributed by atoms with van der Waals surface area (Å²) in [7, 11) is 1.84. The fourth-order valence-electron chi connectivity index (χ4n) is 2.61. The van der Waals surface area contributed by atoms with E-state index in [1.807, 2.05) is 39.1 Å². The predicted molar refractivity (Wildman–Crippen MR) is 85.8 cm³/mol. The first-order chi connectivity index (χ1) is 11.1. The van der Waals surface area contributed by atoms with Crippen molar-refractivity contribution >= 4 is 5.91 Å². The van der Waals surface area contributed by atoms with Crippen molar-refractivity contribution in [3.63, 3.8) is 0 Å². The van der Waals surface area contributed by atoms with Crippen molar-refractivity contribution in [2.75, 3.05) is 19.8 Å². The van der Waals surface area contributed by atoms with Crippen LogP contribution in [0.4, 0.5) is 0 Å². The molecule has 2 heterocycles. The van der Waals surface area contributed by atoms with Gasteiger partial charge in [0, 0.05) is 25.8 Å². The molecule has 6 nitrogen and oxygen atoms in total. The third-order valence-electron chi connectivity index (χ3n) is 4.11. The zero-order chi connectivity index (χ0) is 16.4. The molecule has 0 bridgehead atoms. The highest BCUT2D eigenvalue weighted by molar-refractivity contribution is 5.95. The molecule has 0 N–H and O–H groups in total. The van der Waals surface area contributed by atoms with Gasteiger partial charge in [-0.2, -0.15) is 5.10 Å². The Morgan fingerprint density at radius 1 is 1.30 bits per heavy atom. The normalized spacial score (nSPS) is 13.0. The van der Waals surface area contributed by atoms with Crippen LogP contribution in [0.3, 0.4) is 0 Å². The van der Waals surface area contributed by atoms with E-state index in [9.17, 15) is 4.79 Å². The standard InChI is InChI=1S/C17H21N3O3/c1-4-20(17(21)14-10-18-19(3)12(14)2)11-13-5-6-15-16(9-13)23-8-7-22-15/h5-6,9-10H,4,7-8,11H2,1-3H3. The fourth-order valence-corrected chi connectivity index (χ4v) is 2.61. The van der Waals surface area contributed by atoms with E-state index in [2.05, 4.69) is 5.10 Å². The second-order valence-corrected chi connectivity index (χ2v) is 5.56. The summed E-state index contributed by atoms with van der Waals surface area (Å²) in [4.78, 5) is 14.5. The molecule has 0 radical (unpaired) electrons. The molecule has 2 aromatic rings. The quantitative estimate of drug-likeness (QED) is 0.867.